The normalized spacial score (nSPS) is 13.3. The molecule has 7 nitrogen and oxygen atoms in total. The molecule has 0 spiro atoms. The van der Waals surface area contributed by atoms with Gasteiger partial charge in [-0.3, -0.25) is 14.9 Å². The number of anilines is 3. The summed E-state index contributed by atoms with van der Waals surface area (Å²) < 4.78 is 0. The van der Waals surface area contributed by atoms with E-state index in [-0.39, 0.29) is 16.5 Å². The molecule has 37 heavy (non-hydrogen) atoms. The van der Waals surface area contributed by atoms with Crippen molar-refractivity contribution in [3.05, 3.63) is 130 Å². The van der Waals surface area contributed by atoms with Gasteiger partial charge in [0.1, 0.15) is 5.69 Å². The molecule has 1 aliphatic rings. The number of hydrogen-bond donors (Lipinski definition) is 0. The summed E-state index contributed by atoms with van der Waals surface area (Å²) in [5.41, 5.74) is 4.13. The van der Waals surface area contributed by atoms with E-state index in [4.69, 9.17) is 0 Å². The zero-order chi connectivity index (χ0) is 25.6. The molecule has 1 amide bonds. The minimum absolute atomic E-state index is 0.0303. The van der Waals surface area contributed by atoms with Crippen molar-refractivity contribution >= 4 is 28.7 Å². The standard InChI is InChI=1S/C30H28N4O3/c35-30(25-12-6-2-7-13-25)32-20-18-31(19-21-32)27-16-17-28(34(36)37)29(22-27)33(26-14-8-3-9-15-26)23-24-10-4-1-5-11-24/h1-17,22H,18-21,23H2. The van der Waals surface area contributed by atoms with Crippen LogP contribution in [-0.2, 0) is 6.54 Å². The molecule has 0 radical (unpaired) electrons. The van der Waals surface area contributed by atoms with Gasteiger partial charge in [0.15, 0.2) is 0 Å². The van der Waals surface area contributed by atoms with Gasteiger partial charge in [-0.2, -0.15) is 0 Å². The number of para-hydroxylation sites is 1. The second kappa shape index (κ2) is 11.0. The van der Waals surface area contributed by atoms with Crippen molar-refractivity contribution in [2.75, 3.05) is 36.0 Å². The van der Waals surface area contributed by atoms with Gasteiger partial charge in [0.05, 0.1) is 4.92 Å². The van der Waals surface area contributed by atoms with Crippen LogP contribution in [0.3, 0.4) is 0 Å². The van der Waals surface area contributed by atoms with E-state index >= 15 is 0 Å². The van der Waals surface area contributed by atoms with E-state index in [0.717, 1.165) is 16.9 Å². The number of carbonyl (C=O) groups excluding carboxylic acids is 1. The van der Waals surface area contributed by atoms with Crippen LogP contribution in [0.2, 0.25) is 0 Å². The molecular weight excluding hydrogens is 464 g/mol. The fraction of sp³-hybridized carbons (Fsp3) is 0.167. The van der Waals surface area contributed by atoms with Crippen molar-refractivity contribution in [2.45, 2.75) is 6.54 Å². The molecular formula is C30H28N4O3. The number of carbonyl (C=O) groups is 1. The van der Waals surface area contributed by atoms with Crippen molar-refractivity contribution in [3.63, 3.8) is 0 Å². The van der Waals surface area contributed by atoms with Crippen LogP contribution in [0.5, 0.6) is 0 Å². The maximum absolute atomic E-state index is 12.9. The topological polar surface area (TPSA) is 69.9 Å². The Morgan fingerprint density at radius 1 is 0.784 bits per heavy atom. The molecule has 7 heteroatoms. The molecule has 0 aromatic heterocycles. The van der Waals surface area contributed by atoms with Crippen molar-refractivity contribution in [2.24, 2.45) is 0 Å². The molecule has 1 aliphatic heterocycles. The van der Waals surface area contributed by atoms with Gasteiger partial charge in [-0.1, -0.05) is 66.7 Å². The van der Waals surface area contributed by atoms with E-state index in [1.165, 1.54) is 0 Å². The van der Waals surface area contributed by atoms with E-state index in [1.807, 2.05) is 113 Å². The second-order valence-electron chi connectivity index (χ2n) is 8.98. The number of amides is 1. The van der Waals surface area contributed by atoms with Gasteiger partial charge < -0.3 is 14.7 Å². The molecule has 0 aliphatic carbocycles. The van der Waals surface area contributed by atoms with Gasteiger partial charge in [0.2, 0.25) is 0 Å². The van der Waals surface area contributed by atoms with Gasteiger partial charge in [-0.25, -0.2) is 0 Å². The lowest BCUT2D eigenvalue weighted by Crippen LogP contribution is -2.48. The van der Waals surface area contributed by atoms with Crippen LogP contribution in [0, 0.1) is 10.1 Å². The molecule has 0 bridgehead atoms. The molecule has 1 saturated heterocycles. The summed E-state index contributed by atoms with van der Waals surface area (Å²) >= 11 is 0. The minimum atomic E-state index is -0.323. The average molecular weight is 493 g/mol. The smallest absolute Gasteiger partial charge is 0.293 e. The Morgan fingerprint density at radius 2 is 1.38 bits per heavy atom. The van der Waals surface area contributed by atoms with Crippen molar-refractivity contribution in [3.8, 4) is 0 Å². The first kappa shape index (κ1) is 24.1. The van der Waals surface area contributed by atoms with Crippen LogP contribution in [0.1, 0.15) is 15.9 Å². The zero-order valence-corrected chi connectivity index (χ0v) is 20.4. The minimum Gasteiger partial charge on any atom is -0.368 e. The van der Waals surface area contributed by atoms with Crippen LogP contribution in [0.4, 0.5) is 22.7 Å². The summed E-state index contributed by atoms with van der Waals surface area (Å²) in [6.45, 7) is 2.98. The van der Waals surface area contributed by atoms with Crippen molar-refractivity contribution in [1.29, 1.82) is 0 Å². The van der Waals surface area contributed by atoms with Gasteiger partial charge in [0.25, 0.3) is 11.6 Å². The van der Waals surface area contributed by atoms with Crippen LogP contribution < -0.4 is 9.80 Å². The van der Waals surface area contributed by atoms with Gasteiger partial charge >= 0.3 is 0 Å². The lowest BCUT2D eigenvalue weighted by Gasteiger charge is -2.36. The number of hydrogen-bond acceptors (Lipinski definition) is 5. The molecule has 0 unspecified atom stereocenters. The van der Waals surface area contributed by atoms with Crippen molar-refractivity contribution < 1.29 is 9.72 Å². The lowest BCUT2D eigenvalue weighted by atomic mass is 10.1. The maximum atomic E-state index is 12.9. The molecule has 1 heterocycles. The third kappa shape index (κ3) is 5.46. The Balaban J connectivity index is 1.43. The molecule has 186 valence electrons. The SMILES string of the molecule is O=C(c1ccccc1)N1CCN(c2ccc([N+](=O)[O-])c(N(Cc3ccccc3)c3ccccc3)c2)CC1. The first-order valence-electron chi connectivity index (χ1n) is 12.3. The van der Waals surface area contributed by atoms with Crippen LogP contribution >= 0.6 is 0 Å². The van der Waals surface area contributed by atoms with E-state index < -0.39 is 0 Å². The molecule has 0 atom stereocenters. The number of rotatable bonds is 7. The zero-order valence-electron chi connectivity index (χ0n) is 20.4. The molecule has 5 rings (SSSR count). The van der Waals surface area contributed by atoms with E-state index in [2.05, 4.69) is 4.90 Å². The Kier molecular flexibility index (Phi) is 7.12. The quantitative estimate of drug-likeness (QED) is 0.237. The largest absolute Gasteiger partial charge is 0.368 e. The van der Waals surface area contributed by atoms with Gasteiger partial charge in [0, 0.05) is 55.7 Å². The maximum Gasteiger partial charge on any atom is 0.293 e. The Bertz CT molecular complexity index is 1360. The predicted molar refractivity (Wildman–Crippen MR) is 146 cm³/mol. The van der Waals surface area contributed by atoms with Crippen LogP contribution in [-0.4, -0.2) is 41.9 Å². The highest BCUT2D eigenvalue weighted by Crippen LogP contribution is 2.38. The second-order valence-corrected chi connectivity index (χ2v) is 8.98. The summed E-state index contributed by atoms with van der Waals surface area (Å²) in [6, 6.07) is 34.3. The van der Waals surface area contributed by atoms with Gasteiger partial charge in [-0.05, 0) is 42.0 Å². The monoisotopic (exact) mass is 492 g/mol. The number of nitro groups is 1. The third-order valence-corrected chi connectivity index (χ3v) is 6.65. The van der Waals surface area contributed by atoms with E-state index in [1.54, 1.807) is 6.07 Å². The molecule has 0 saturated carbocycles. The summed E-state index contributed by atoms with van der Waals surface area (Å²) in [7, 11) is 0. The third-order valence-electron chi connectivity index (χ3n) is 6.65. The first-order valence-corrected chi connectivity index (χ1v) is 12.3. The lowest BCUT2D eigenvalue weighted by molar-refractivity contribution is -0.384. The summed E-state index contributed by atoms with van der Waals surface area (Å²) in [5.74, 6) is 0.0303. The molecule has 4 aromatic rings. The van der Waals surface area contributed by atoms with Crippen molar-refractivity contribution in [1.82, 2.24) is 4.90 Å². The Hall–Kier alpha value is -4.65. The summed E-state index contributed by atoms with van der Waals surface area (Å²) in [4.78, 5) is 30.7. The van der Waals surface area contributed by atoms with E-state index in [0.29, 0.717) is 44.0 Å². The highest BCUT2D eigenvalue weighted by molar-refractivity contribution is 5.94. The van der Waals surface area contributed by atoms with Gasteiger partial charge in [-0.15, -0.1) is 0 Å². The fourth-order valence-corrected chi connectivity index (χ4v) is 4.70. The fourth-order valence-electron chi connectivity index (χ4n) is 4.70. The summed E-state index contributed by atoms with van der Waals surface area (Å²) in [6.07, 6.45) is 0. The number of nitrogens with zero attached hydrogens (tertiary/aromatic N) is 4. The predicted octanol–water partition coefficient (Wildman–Crippen LogP) is 5.90. The molecule has 0 N–H and O–H groups in total. The van der Waals surface area contributed by atoms with Crippen LogP contribution in [0.25, 0.3) is 0 Å². The highest BCUT2D eigenvalue weighted by atomic mass is 16.6. The molecule has 4 aromatic carbocycles. The molecule has 1 fully saturated rings. The number of piperazine rings is 1. The first-order chi connectivity index (χ1) is 18.1. The Labute approximate surface area is 216 Å². The number of nitro benzene ring substituents is 1. The van der Waals surface area contributed by atoms with E-state index in [9.17, 15) is 14.9 Å². The highest BCUT2D eigenvalue weighted by Gasteiger charge is 2.26. The average Bonchev–Trinajstić information content (AvgIpc) is 2.97. The summed E-state index contributed by atoms with van der Waals surface area (Å²) in [5, 5.41) is 12.1. The van der Waals surface area contributed by atoms with Crippen LogP contribution in [0.15, 0.2) is 109 Å². The number of benzene rings is 4. The Morgan fingerprint density at radius 3 is 2.00 bits per heavy atom.